The Hall–Kier alpha value is -1.06. The summed E-state index contributed by atoms with van der Waals surface area (Å²) in [4.78, 5) is 0. The molecule has 1 aromatic rings. The van der Waals surface area contributed by atoms with E-state index >= 15 is 0 Å². The van der Waals surface area contributed by atoms with E-state index in [1.807, 2.05) is 0 Å². The molecule has 0 saturated heterocycles. The van der Waals surface area contributed by atoms with E-state index < -0.39 is 71.8 Å². The number of rotatable bonds is 49. The summed E-state index contributed by atoms with van der Waals surface area (Å²) in [6.07, 6.45) is 22.4. The van der Waals surface area contributed by atoms with Crippen molar-refractivity contribution in [2.45, 2.75) is 210 Å². The smallest absolute Gasteiger partial charge is 0.104 e. The highest BCUT2D eigenvalue weighted by molar-refractivity contribution is 5.13. The van der Waals surface area contributed by atoms with Crippen LogP contribution >= 0.6 is 0 Å². The van der Waals surface area contributed by atoms with Crippen LogP contribution in [0.1, 0.15) is 225 Å². The van der Waals surface area contributed by atoms with Gasteiger partial charge in [0, 0.05) is 13.2 Å². The van der Waals surface area contributed by atoms with Crippen molar-refractivity contribution in [1.82, 2.24) is 0 Å². The third kappa shape index (κ3) is 42.8. The first-order chi connectivity index (χ1) is 37.3. The van der Waals surface area contributed by atoms with E-state index in [4.69, 9.17) is 45.6 Å². The molecule has 0 aliphatic rings. The second kappa shape index (κ2) is 44.2. The van der Waals surface area contributed by atoms with Crippen molar-refractivity contribution in [3.8, 4) is 0 Å². The minimum absolute atomic E-state index is 0.0309. The van der Waals surface area contributed by atoms with Crippen molar-refractivity contribution >= 4 is 0 Å². The fourth-order valence-corrected chi connectivity index (χ4v) is 8.04. The Bertz CT molecular complexity index is 1780. The lowest BCUT2D eigenvalue weighted by Gasteiger charge is -2.21. The SMILES string of the molecule is [2H]C([2H])(OCc1ccccc1)C([2H])([2H])OC([2H])([2H])C([2H])([2H])OC([2H])([2H])C([2H])([2H])OC([2H])([2H])C([2H])([2H])OC[C@H](COCCC(C)CCC[C@@H](C)CCC[C@@H](C)CCCC(C)C)OCCC(C)CCC[C@@H](C)CCC[C@@H](C)CCCC(C)C. The monoisotopic (exact) mass is 935 g/mol. The Kier molecular flexibility index (Phi) is 26.9. The lowest BCUT2D eigenvalue weighted by atomic mass is 9.91. The summed E-state index contributed by atoms with van der Waals surface area (Å²) in [6, 6.07) is 7.99. The van der Waals surface area contributed by atoms with Gasteiger partial charge >= 0.3 is 0 Å². The largest absolute Gasteiger partial charge is 0.379 e. The minimum atomic E-state index is -4.15. The summed E-state index contributed by atoms with van der Waals surface area (Å²) in [5.74, 6) is 5.04. The van der Waals surface area contributed by atoms with Crippen LogP contribution in [0.3, 0.4) is 0 Å². The van der Waals surface area contributed by atoms with Gasteiger partial charge in [0.25, 0.3) is 0 Å². The lowest BCUT2D eigenvalue weighted by Crippen LogP contribution is -2.28. The summed E-state index contributed by atoms with van der Waals surface area (Å²) < 4.78 is 168. The van der Waals surface area contributed by atoms with Crippen LogP contribution in [0.2, 0.25) is 0 Å². The second-order valence-corrected chi connectivity index (χ2v) is 20.4. The van der Waals surface area contributed by atoms with Crippen molar-refractivity contribution in [2.24, 2.45) is 47.3 Å². The second-order valence-electron chi connectivity index (χ2n) is 20.4. The molecule has 1 aromatic carbocycles. The van der Waals surface area contributed by atoms with Gasteiger partial charge in [0.05, 0.1) is 94.2 Å². The van der Waals surface area contributed by atoms with Crippen molar-refractivity contribution in [1.29, 1.82) is 0 Å². The predicted octanol–water partition coefficient (Wildman–Crippen LogP) is 15.6. The normalized spacial score (nSPS) is 20.8. The van der Waals surface area contributed by atoms with Crippen LogP contribution in [0.5, 0.6) is 0 Å². The molecule has 0 heterocycles. The zero-order valence-electron chi connectivity index (χ0n) is 59.1. The maximum atomic E-state index is 8.52. The Morgan fingerprint density at radius 2 is 0.677 bits per heavy atom. The fraction of sp³-hybridized carbons (Fsp3) is 0.897. The number of benzene rings is 1. The first-order valence-corrected chi connectivity index (χ1v) is 25.9. The van der Waals surface area contributed by atoms with Crippen LogP contribution < -0.4 is 0 Å². The van der Waals surface area contributed by atoms with Gasteiger partial charge in [-0.1, -0.05) is 215 Å². The maximum absolute atomic E-state index is 8.52. The zero-order chi connectivity index (χ0) is 61.9. The van der Waals surface area contributed by atoms with Gasteiger partial charge in [-0.2, -0.15) is 0 Å². The first-order valence-electron chi connectivity index (χ1n) is 33.9. The van der Waals surface area contributed by atoms with Crippen LogP contribution in [0.25, 0.3) is 0 Å². The van der Waals surface area contributed by atoms with E-state index in [9.17, 15) is 0 Å². The highest BCUT2D eigenvalue weighted by Crippen LogP contribution is 2.24. The molecule has 0 aromatic heterocycles. The molecule has 0 N–H and O–H groups in total. The van der Waals surface area contributed by atoms with Gasteiger partial charge in [0.2, 0.25) is 0 Å². The standard InChI is InChI=1S/C58H110O7/c1-49(2)20-14-22-51(5)24-16-26-53(7)28-18-30-55(9)34-36-62-47-58(65-37-35-56(10)31-19-29-54(8)27-17-25-52(6)23-15-21-50(3)4)48-64-45-43-61-41-39-59-38-40-60-42-44-63-46-57-32-12-11-13-33-57/h11-13,32-33,49-56,58H,14-31,34-48H2,1-10H3/t51-,52-,53-,54-,55?,56?,58-/m0/s1/i38D2,39D2,40D2,41D2,42D2,43D2,44D2,45D2. The third-order valence-corrected chi connectivity index (χ3v) is 12.5. The van der Waals surface area contributed by atoms with Gasteiger partial charge in [-0.05, 0) is 65.7 Å². The quantitative estimate of drug-likeness (QED) is 0.0603. The molecule has 0 aliphatic heterocycles. The molecule has 0 spiro atoms. The molecule has 7 nitrogen and oxygen atoms in total. The van der Waals surface area contributed by atoms with Gasteiger partial charge in [0.1, 0.15) is 6.10 Å². The third-order valence-electron chi connectivity index (χ3n) is 12.5. The molecule has 2 unspecified atom stereocenters. The van der Waals surface area contributed by atoms with Crippen molar-refractivity contribution in [3.63, 3.8) is 0 Å². The van der Waals surface area contributed by atoms with Crippen LogP contribution in [-0.4, -0.2) is 85.0 Å². The molecule has 7 atom stereocenters. The molecule has 65 heavy (non-hydrogen) atoms. The zero-order valence-corrected chi connectivity index (χ0v) is 43.1. The molecule has 384 valence electrons. The summed E-state index contributed by atoms with van der Waals surface area (Å²) in [6.45, 7) is -8.56. The molecular formula is C58H110O7. The van der Waals surface area contributed by atoms with E-state index in [2.05, 4.69) is 78.7 Å². The Balaban J connectivity index is 2.97. The van der Waals surface area contributed by atoms with Crippen LogP contribution in [0.15, 0.2) is 30.3 Å². The van der Waals surface area contributed by atoms with Crippen LogP contribution in [0.4, 0.5) is 0 Å². The molecule has 0 bridgehead atoms. The highest BCUT2D eigenvalue weighted by atomic mass is 16.6. The number of hydrogen-bond acceptors (Lipinski definition) is 7. The Morgan fingerprint density at radius 1 is 0.354 bits per heavy atom. The lowest BCUT2D eigenvalue weighted by molar-refractivity contribution is -0.0723. The van der Waals surface area contributed by atoms with Gasteiger partial charge in [-0.25, -0.2) is 0 Å². The highest BCUT2D eigenvalue weighted by Gasteiger charge is 2.14. The first kappa shape index (κ1) is 39.6. The van der Waals surface area contributed by atoms with Crippen LogP contribution in [-0.2, 0) is 39.8 Å². The summed E-state index contributed by atoms with van der Waals surface area (Å²) >= 11 is 0. The Labute approximate surface area is 427 Å². The summed E-state index contributed by atoms with van der Waals surface area (Å²) in [5, 5.41) is 0. The van der Waals surface area contributed by atoms with E-state index in [-0.39, 0.29) is 13.2 Å². The van der Waals surface area contributed by atoms with E-state index in [1.54, 1.807) is 30.3 Å². The van der Waals surface area contributed by atoms with Gasteiger partial charge < -0.3 is 33.2 Å². The average Bonchev–Trinajstić information content (AvgIpc) is 3.32. The molecule has 0 radical (unpaired) electrons. The maximum Gasteiger partial charge on any atom is 0.104 e. The van der Waals surface area contributed by atoms with Crippen molar-refractivity contribution in [3.05, 3.63) is 35.9 Å². The van der Waals surface area contributed by atoms with E-state index in [0.717, 1.165) is 62.2 Å². The average molecular weight is 936 g/mol. The van der Waals surface area contributed by atoms with E-state index in [1.165, 1.54) is 83.5 Å². The minimum Gasteiger partial charge on any atom is -0.379 e. The fourth-order valence-electron chi connectivity index (χ4n) is 8.04. The predicted molar refractivity (Wildman–Crippen MR) is 277 cm³/mol. The summed E-state index contributed by atoms with van der Waals surface area (Å²) in [7, 11) is 0. The van der Waals surface area contributed by atoms with E-state index in [0.29, 0.717) is 42.3 Å². The van der Waals surface area contributed by atoms with Crippen molar-refractivity contribution in [2.75, 3.05) is 78.9 Å². The van der Waals surface area contributed by atoms with Gasteiger partial charge in [-0.3, -0.25) is 0 Å². The molecule has 0 fully saturated rings. The van der Waals surface area contributed by atoms with Gasteiger partial charge in [-0.15, -0.1) is 0 Å². The van der Waals surface area contributed by atoms with Crippen LogP contribution in [0, 0.1) is 47.3 Å². The molecular weight excluding hydrogens is 809 g/mol. The number of hydrogen-bond donors (Lipinski definition) is 0. The molecule has 7 heteroatoms. The number of ether oxygens (including phenoxy) is 7. The molecule has 1 rings (SSSR count). The molecule has 0 aliphatic carbocycles. The molecule has 0 amide bonds. The molecule has 0 saturated carbocycles. The summed E-state index contributed by atoms with van der Waals surface area (Å²) in [5.41, 5.74) is 0.412. The van der Waals surface area contributed by atoms with Gasteiger partial charge in [0.15, 0.2) is 0 Å². The Morgan fingerprint density at radius 3 is 1.08 bits per heavy atom. The topological polar surface area (TPSA) is 64.6 Å². The van der Waals surface area contributed by atoms with Crippen molar-refractivity contribution < 1.29 is 55.1 Å².